The normalized spacial score (nSPS) is 10.2. The molecular weight excluding hydrogens is 304 g/mol. The topological polar surface area (TPSA) is 55.6 Å². The molecule has 1 heterocycles. The number of ether oxygens (including phenoxy) is 1. The van der Waals surface area contributed by atoms with Gasteiger partial charge in [-0.25, -0.2) is 0 Å². The lowest BCUT2D eigenvalue weighted by Crippen LogP contribution is -2.31. The zero-order chi connectivity index (χ0) is 17.5. The Labute approximate surface area is 142 Å². The maximum atomic E-state index is 12.6. The van der Waals surface area contributed by atoms with Crippen LogP contribution in [0.5, 0.6) is 5.75 Å². The minimum absolute atomic E-state index is 0.0856. The van der Waals surface area contributed by atoms with E-state index >= 15 is 0 Å². The standard InChI is InChI=1S/C19H22N2O3/c1-5-10-21(11-6-2)19(22)16-8-7-9-17(12-16)23-13-18-14(3)20-24-15(18)4/h5-9,12H,1-2,10-11,13H2,3-4H3. The lowest BCUT2D eigenvalue weighted by atomic mass is 10.2. The van der Waals surface area contributed by atoms with E-state index in [2.05, 4.69) is 18.3 Å². The van der Waals surface area contributed by atoms with Gasteiger partial charge in [-0.05, 0) is 32.0 Å². The number of hydrogen-bond acceptors (Lipinski definition) is 4. The Bertz CT molecular complexity index is 704. The molecule has 0 aliphatic rings. The van der Waals surface area contributed by atoms with Gasteiger partial charge in [-0.3, -0.25) is 4.79 Å². The summed E-state index contributed by atoms with van der Waals surface area (Å²) >= 11 is 0. The number of rotatable bonds is 8. The number of hydrogen-bond donors (Lipinski definition) is 0. The SMILES string of the molecule is C=CCN(CC=C)C(=O)c1cccc(OCc2c(C)noc2C)c1. The fraction of sp³-hybridized carbons (Fsp3) is 0.263. The number of carbonyl (C=O) groups is 1. The molecule has 1 aromatic heterocycles. The third kappa shape index (κ3) is 4.13. The van der Waals surface area contributed by atoms with Gasteiger partial charge in [0.25, 0.3) is 5.91 Å². The van der Waals surface area contributed by atoms with E-state index in [-0.39, 0.29) is 5.91 Å². The van der Waals surface area contributed by atoms with Gasteiger partial charge in [-0.1, -0.05) is 23.4 Å². The molecule has 2 rings (SSSR count). The first-order chi connectivity index (χ1) is 11.6. The lowest BCUT2D eigenvalue weighted by Gasteiger charge is -2.19. The van der Waals surface area contributed by atoms with Crippen molar-refractivity contribution in [3.05, 3.63) is 72.2 Å². The third-order valence-corrected chi connectivity index (χ3v) is 3.63. The summed E-state index contributed by atoms with van der Waals surface area (Å²) in [5.41, 5.74) is 2.30. The molecule has 5 heteroatoms. The molecule has 2 aromatic rings. The number of benzene rings is 1. The molecule has 0 saturated carbocycles. The van der Waals surface area contributed by atoms with E-state index in [9.17, 15) is 4.79 Å². The first-order valence-corrected chi connectivity index (χ1v) is 7.72. The number of carbonyl (C=O) groups excluding carboxylic acids is 1. The van der Waals surface area contributed by atoms with Crippen molar-refractivity contribution < 1.29 is 14.1 Å². The summed E-state index contributed by atoms with van der Waals surface area (Å²) in [5.74, 6) is 1.28. The fourth-order valence-electron chi connectivity index (χ4n) is 2.32. The van der Waals surface area contributed by atoms with Crippen LogP contribution in [0.4, 0.5) is 0 Å². The van der Waals surface area contributed by atoms with Crippen molar-refractivity contribution >= 4 is 5.91 Å². The summed E-state index contributed by atoms with van der Waals surface area (Å²) in [6.07, 6.45) is 3.39. The predicted octanol–water partition coefficient (Wildman–Crippen LogP) is 3.68. The molecule has 126 valence electrons. The zero-order valence-corrected chi connectivity index (χ0v) is 14.1. The highest BCUT2D eigenvalue weighted by molar-refractivity contribution is 5.94. The zero-order valence-electron chi connectivity index (χ0n) is 14.1. The van der Waals surface area contributed by atoms with Crippen molar-refractivity contribution in [1.29, 1.82) is 0 Å². The van der Waals surface area contributed by atoms with Gasteiger partial charge >= 0.3 is 0 Å². The Balaban J connectivity index is 2.11. The monoisotopic (exact) mass is 326 g/mol. The second-order valence-electron chi connectivity index (χ2n) is 5.41. The van der Waals surface area contributed by atoms with Crippen LogP contribution < -0.4 is 4.74 Å². The third-order valence-electron chi connectivity index (χ3n) is 3.63. The van der Waals surface area contributed by atoms with E-state index in [0.717, 1.165) is 17.0 Å². The first-order valence-electron chi connectivity index (χ1n) is 7.72. The van der Waals surface area contributed by atoms with Crippen LogP contribution >= 0.6 is 0 Å². The van der Waals surface area contributed by atoms with Crippen molar-refractivity contribution in [2.45, 2.75) is 20.5 Å². The number of aromatic nitrogens is 1. The van der Waals surface area contributed by atoms with Crippen LogP contribution in [0.1, 0.15) is 27.4 Å². The maximum absolute atomic E-state index is 12.6. The van der Waals surface area contributed by atoms with Crippen LogP contribution in [0, 0.1) is 13.8 Å². The Morgan fingerprint density at radius 3 is 2.58 bits per heavy atom. The van der Waals surface area contributed by atoms with Crippen molar-refractivity contribution in [3.63, 3.8) is 0 Å². The molecule has 5 nitrogen and oxygen atoms in total. The molecule has 0 fully saturated rings. The van der Waals surface area contributed by atoms with E-state index in [1.807, 2.05) is 19.9 Å². The van der Waals surface area contributed by atoms with Gasteiger partial charge in [0.15, 0.2) is 0 Å². The fourth-order valence-corrected chi connectivity index (χ4v) is 2.32. The molecule has 0 aliphatic carbocycles. The summed E-state index contributed by atoms with van der Waals surface area (Å²) in [4.78, 5) is 14.2. The van der Waals surface area contributed by atoms with Crippen molar-refractivity contribution in [3.8, 4) is 5.75 Å². The van der Waals surface area contributed by atoms with Crippen LogP contribution in [0.2, 0.25) is 0 Å². The van der Waals surface area contributed by atoms with E-state index < -0.39 is 0 Å². The molecule has 0 saturated heterocycles. The summed E-state index contributed by atoms with van der Waals surface area (Å²) in [6, 6.07) is 7.13. The van der Waals surface area contributed by atoms with Gasteiger partial charge in [0.05, 0.1) is 11.3 Å². The van der Waals surface area contributed by atoms with E-state index in [1.165, 1.54) is 0 Å². The van der Waals surface area contributed by atoms with Crippen LogP contribution in [-0.4, -0.2) is 29.1 Å². The van der Waals surface area contributed by atoms with Gasteiger partial charge in [0, 0.05) is 18.7 Å². The molecule has 0 atom stereocenters. The molecule has 24 heavy (non-hydrogen) atoms. The largest absolute Gasteiger partial charge is 0.489 e. The first kappa shape index (κ1) is 17.5. The molecular formula is C19H22N2O3. The molecule has 1 amide bonds. The molecule has 0 spiro atoms. The molecule has 0 aliphatic heterocycles. The van der Waals surface area contributed by atoms with Crippen LogP contribution in [0.3, 0.4) is 0 Å². The van der Waals surface area contributed by atoms with Crippen molar-refractivity contribution in [2.75, 3.05) is 13.1 Å². The average Bonchev–Trinajstić information content (AvgIpc) is 2.90. The van der Waals surface area contributed by atoms with Gasteiger partial charge in [-0.15, -0.1) is 13.2 Å². The minimum atomic E-state index is -0.0856. The Kier molecular flexibility index (Phi) is 5.95. The Hall–Kier alpha value is -2.82. The highest BCUT2D eigenvalue weighted by Gasteiger charge is 2.14. The molecule has 1 aromatic carbocycles. The van der Waals surface area contributed by atoms with Gasteiger partial charge in [0.2, 0.25) is 0 Å². The summed E-state index contributed by atoms with van der Waals surface area (Å²) < 4.78 is 10.9. The van der Waals surface area contributed by atoms with Gasteiger partial charge in [-0.2, -0.15) is 0 Å². The van der Waals surface area contributed by atoms with E-state index in [0.29, 0.717) is 31.0 Å². The van der Waals surface area contributed by atoms with E-state index in [4.69, 9.17) is 9.26 Å². The molecule has 0 unspecified atom stereocenters. The van der Waals surface area contributed by atoms with E-state index in [1.54, 1.807) is 35.3 Å². The van der Waals surface area contributed by atoms with Crippen molar-refractivity contribution in [1.82, 2.24) is 10.1 Å². The minimum Gasteiger partial charge on any atom is -0.489 e. The Morgan fingerprint density at radius 1 is 1.29 bits per heavy atom. The van der Waals surface area contributed by atoms with Gasteiger partial charge < -0.3 is 14.2 Å². The quantitative estimate of drug-likeness (QED) is 0.694. The smallest absolute Gasteiger partial charge is 0.254 e. The van der Waals surface area contributed by atoms with Crippen molar-refractivity contribution in [2.24, 2.45) is 0 Å². The second-order valence-corrected chi connectivity index (χ2v) is 5.41. The predicted molar refractivity (Wildman–Crippen MR) is 93.0 cm³/mol. The maximum Gasteiger partial charge on any atom is 0.254 e. The molecule has 0 N–H and O–H groups in total. The molecule has 0 radical (unpaired) electrons. The summed E-state index contributed by atoms with van der Waals surface area (Å²) in [7, 11) is 0. The summed E-state index contributed by atoms with van der Waals surface area (Å²) in [5, 5.41) is 3.90. The average molecular weight is 326 g/mol. The van der Waals surface area contributed by atoms with Gasteiger partial charge in [0.1, 0.15) is 18.1 Å². The number of nitrogens with zero attached hydrogens (tertiary/aromatic N) is 2. The lowest BCUT2D eigenvalue weighted by molar-refractivity contribution is 0.0790. The second kappa shape index (κ2) is 8.15. The number of aryl methyl sites for hydroxylation is 2. The van der Waals surface area contributed by atoms with Crippen LogP contribution in [-0.2, 0) is 6.61 Å². The summed E-state index contributed by atoms with van der Waals surface area (Å²) in [6.45, 7) is 12.4. The van der Waals surface area contributed by atoms with Crippen LogP contribution in [0.25, 0.3) is 0 Å². The number of amides is 1. The van der Waals surface area contributed by atoms with Crippen LogP contribution in [0.15, 0.2) is 54.1 Å². The highest BCUT2D eigenvalue weighted by Crippen LogP contribution is 2.19. The highest BCUT2D eigenvalue weighted by atomic mass is 16.5. The molecule has 0 bridgehead atoms. The Morgan fingerprint density at radius 2 is 2.00 bits per heavy atom.